The Morgan fingerprint density at radius 2 is 2.21 bits per heavy atom. The van der Waals surface area contributed by atoms with Gasteiger partial charge >= 0.3 is 6.03 Å². The minimum atomic E-state index is -0.0373. The fourth-order valence-electron chi connectivity index (χ4n) is 2.65. The third kappa shape index (κ3) is 3.90. The molecular weight excluding hydrogens is 260 g/mol. The summed E-state index contributed by atoms with van der Waals surface area (Å²) in [6, 6.07) is 0.527. The Labute approximate surface area is 118 Å². The number of unbranched alkanes of at least 4 members (excludes halogenated alkanes) is 1. The molecule has 0 spiro atoms. The average molecular weight is 280 g/mol. The zero-order chi connectivity index (χ0) is 13.7. The molecule has 5 heteroatoms. The third-order valence-electron chi connectivity index (χ3n) is 3.68. The predicted octanol–water partition coefficient (Wildman–Crippen LogP) is 1.69. The van der Waals surface area contributed by atoms with Crippen molar-refractivity contribution >= 4 is 23.6 Å². The van der Waals surface area contributed by atoms with Crippen molar-refractivity contribution in [3.63, 3.8) is 0 Å². The van der Waals surface area contributed by atoms with Crippen LogP contribution in [0.1, 0.15) is 38.5 Å². The van der Waals surface area contributed by atoms with Crippen LogP contribution >= 0.6 is 11.8 Å². The maximum absolute atomic E-state index is 11.5. The number of urea groups is 1. The highest BCUT2D eigenvalue weighted by Gasteiger charge is 2.42. The van der Waals surface area contributed by atoms with E-state index >= 15 is 0 Å². The molecule has 2 heterocycles. The van der Waals surface area contributed by atoms with E-state index in [1.807, 2.05) is 11.8 Å². The van der Waals surface area contributed by atoms with Crippen molar-refractivity contribution in [2.45, 2.75) is 55.9 Å². The van der Waals surface area contributed by atoms with E-state index in [0.29, 0.717) is 30.6 Å². The molecule has 0 aliphatic carbocycles. The second kappa shape index (κ2) is 6.85. The summed E-state index contributed by atoms with van der Waals surface area (Å²) < 4.78 is 0. The molecule has 0 radical (unpaired) electrons. The number of fused-ring (bicyclic) bond motifs is 1. The standard InChI is InChI=1S/C14H20N2O2S/c1-2-3-6-10(17)7-4-5-8-12-13-11(9-19-12)15-14(18)16-13/h1,11-13H,3-9H2,(H2,15,16,18). The van der Waals surface area contributed by atoms with E-state index in [0.717, 1.165) is 25.0 Å². The highest BCUT2D eigenvalue weighted by atomic mass is 32.2. The summed E-state index contributed by atoms with van der Waals surface area (Å²) in [5.74, 6) is 3.76. The van der Waals surface area contributed by atoms with Gasteiger partial charge in [-0.05, 0) is 12.8 Å². The SMILES string of the molecule is C#CCCC(=O)CCCCC1SCC2NC(=O)NC21. The number of amides is 2. The summed E-state index contributed by atoms with van der Waals surface area (Å²) in [5, 5.41) is 6.41. The van der Waals surface area contributed by atoms with Crippen molar-refractivity contribution in [3.05, 3.63) is 0 Å². The van der Waals surface area contributed by atoms with Crippen molar-refractivity contribution in [2.24, 2.45) is 0 Å². The first-order valence-corrected chi connectivity index (χ1v) is 7.89. The predicted molar refractivity (Wildman–Crippen MR) is 77.0 cm³/mol. The summed E-state index contributed by atoms with van der Waals surface area (Å²) in [7, 11) is 0. The normalized spacial score (nSPS) is 28.4. The molecule has 0 saturated carbocycles. The van der Waals surface area contributed by atoms with E-state index in [2.05, 4.69) is 16.6 Å². The van der Waals surface area contributed by atoms with Gasteiger partial charge in [-0.2, -0.15) is 11.8 Å². The topological polar surface area (TPSA) is 58.2 Å². The molecule has 2 aliphatic rings. The summed E-state index contributed by atoms with van der Waals surface area (Å²) in [6.07, 6.45) is 9.87. The maximum Gasteiger partial charge on any atom is 0.315 e. The first kappa shape index (κ1) is 14.3. The zero-order valence-corrected chi connectivity index (χ0v) is 11.8. The van der Waals surface area contributed by atoms with Crippen LogP contribution in [-0.4, -0.2) is 34.9 Å². The van der Waals surface area contributed by atoms with Gasteiger partial charge in [-0.15, -0.1) is 12.3 Å². The fraction of sp³-hybridized carbons (Fsp3) is 0.714. The molecule has 2 fully saturated rings. The number of nitrogens with one attached hydrogen (secondary N) is 2. The van der Waals surface area contributed by atoms with Crippen molar-refractivity contribution in [1.82, 2.24) is 10.6 Å². The quantitative estimate of drug-likeness (QED) is 0.424. The van der Waals surface area contributed by atoms with Gasteiger partial charge in [-0.1, -0.05) is 6.42 Å². The van der Waals surface area contributed by atoms with Crippen LogP contribution < -0.4 is 10.6 Å². The molecule has 0 aromatic heterocycles. The van der Waals surface area contributed by atoms with E-state index in [1.54, 1.807) is 0 Å². The third-order valence-corrected chi connectivity index (χ3v) is 5.19. The van der Waals surface area contributed by atoms with E-state index in [9.17, 15) is 9.59 Å². The lowest BCUT2D eigenvalue weighted by molar-refractivity contribution is -0.119. The summed E-state index contributed by atoms with van der Waals surface area (Å²) in [4.78, 5) is 22.7. The van der Waals surface area contributed by atoms with Crippen molar-refractivity contribution in [3.8, 4) is 12.3 Å². The molecule has 19 heavy (non-hydrogen) atoms. The number of rotatable bonds is 7. The summed E-state index contributed by atoms with van der Waals surface area (Å²) >= 11 is 1.92. The van der Waals surface area contributed by atoms with Gasteiger partial charge in [0.25, 0.3) is 0 Å². The van der Waals surface area contributed by atoms with Gasteiger partial charge in [0.15, 0.2) is 0 Å². The summed E-state index contributed by atoms with van der Waals surface area (Å²) in [6.45, 7) is 0. The van der Waals surface area contributed by atoms with Gasteiger partial charge in [0.1, 0.15) is 5.78 Å². The van der Waals surface area contributed by atoms with Crippen LogP contribution in [0.2, 0.25) is 0 Å². The Kier molecular flexibility index (Phi) is 5.15. The zero-order valence-electron chi connectivity index (χ0n) is 11.0. The molecule has 2 N–H and O–H groups in total. The number of thioether (sulfide) groups is 1. The minimum Gasteiger partial charge on any atom is -0.332 e. The molecular formula is C14H20N2O2S. The van der Waals surface area contributed by atoms with Crippen molar-refractivity contribution in [1.29, 1.82) is 0 Å². The lowest BCUT2D eigenvalue weighted by Gasteiger charge is -2.16. The molecule has 2 rings (SSSR count). The highest BCUT2D eigenvalue weighted by Crippen LogP contribution is 2.33. The van der Waals surface area contributed by atoms with Gasteiger partial charge in [-0.25, -0.2) is 4.79 Å². The number of terminal acetylenes is 1. The van der Waals surface area contributed by atoms with E-state index in [-0.39, 0.29) is 17.9 Å². The number of carbonyl (C=O) groups is 2. The average Bonchev–Trinajstić information content (AvgIpc) is 2.92. The molecule has 2 amide bonds. The lowest BCUT2D eigenvalue weighted by Crippen LogP contribution is -2.36. The van der Waals surface area contributed by atoms with Gasteiger partial charge in [0.05, 0.1) is 12.1 Å². The molecule has 0 aromatic rings. The van der Waals surface area contributed by atoms with Crippen LogP contribution in [0.5, 0.6) is 0 Å². The number of Topliss-reactive ketones (excluding diaryl/α,β-unsaturated/α-hetero) is 1. The Morgan fingerprint density at radius 3 is 3.00 bits per heavy atom. The first-order chi connectivity index (χ1) is 9.20. The molecule has 3 unspecified atom stereocenters. The Bertz CT molecular complexity index is 391. The second-order valence-corrected chi connectivity index (χ2v) is 6.38. The lowest BCUT2D eigenvalue weighted by atomic mass is 10.0. The van der Waals surface area contributed by atoms with E-state index in [4.69, 9.17) is 6.42 Å². The van der Waals surface area contributed by atoms with Crippen molar-refractivity contribution < 1.29 is 9.59 Å². The van der Waals surface area contributed by atoms with E-state index in [1.165, 1.54) is 0 Å². The van der Waals surface area contributed by atoms with Gasteiger partial charge in [0, 0.05) is 30.3 Å². The van der Waals surface area contributed by atoms with Crippen LogP contribution in [-0.2, 0) is 4.79 Å². The Balaban J connectivity index is 1.60. The maximum atomic E-state index is 11.5. The molecule has 2 saturated heterocycles. The van der Waals surface area contributed by atoms with Crippen molar-refractivity contribution in [2.75, 3.05) is 5.75 Å². The fourth-order valence-corrected chi connectivity index (χ4v) is 4.19. The monoisotopic (exact) mass is 280 g/mol. The molecule has 2 aliphatic heterocycles. The molecule has 104 valence electrons. The van der Waals surface area contributed by atoms with Crippen LogP contribution in [0, 0.1) is 12.3 Å². The molecule has 3 atom stereocenters. The van der Waals surface area contributed by atoms with E-state index < -0.39 is 0 Å². The van der Waals surface area contributed by atoms with Crippen LogP contribution in [0.25, 0.3) is 0 Å². The number of carbonyl (C=O) groups excluding carboxylic acids is 2. The highest BCUT2D eigenvalue weighted by molar-refractivity contribution is 8.00. The number of hydrogen-bond donors (Lipinski definition) is 2. The molecule has 0 aromatic carbocycles. The first-order valence-electron chi connectivity index (χ1n) is 6.84. The van der Waals surface area contributed by atoms with Crippen LogP contribution in [0.3, 0.4) is 0 Å². The van der Waals surface area contributed by atoms with Gasteiger partial charge < -0.3 is 10.6 Å². The number of hydrogen-bond acceptors (Lipinski definition) is 3. The Morgan fingerprint density at radius 1 is 1.37 bits per heavy atom. The van der Waals surface area contributed by atoms with Crippen LogP contribution in [0.15, 0.2) is 0 Å². The molecule has 0 bridgehead atoms. The largest absolute Gasteiger partial charge is 0.332 e. The summed E-state index contributed by atoms with van der Waals surface area (Å²) in [5.41, 5.74) is 0. The Hall–Kier alpha value is -1.15. The minimum absolute atomic E-state index is 0.0373. The van der Waals surface area contributed by atoms with Crippen LogP contribution in [0.4, 0.5) is 4.79 Å². The van der Waals surface area contributed by atoms with Gasteiger partial charge in [-0.3, -0.25) is 4.79 Å². The number of ketones is 1. The smallest absolute Gasteiger partial charge is 0.315 e. The molecule has 4 nitrogen and oxygen atoms in total. The second-order valence-electron chi connectivity index (χ2n) is 5.11. The van der Waals surface area contributed by atoms with Gasteiger partial charge in [0.2, 0.25) is 0 Å².